The van der Waals surface area contributed by atoms with Crippen LogP contribution >= 0.6 is 0 Å². The van der Waals surface area contributed by atoms with Crippen LogP contribution in [0, 0.1) is 23.7 Å². The van der Waals surface area contributed by atoms with Crippen molar-refractivity contribution in [2.24, 2.45) is 23.7 Å². The summed E-state index contributed by atoms with van der Waals surface area (Å²) in [5, 5.41) is 5.13. The minimum atomic E-state index is -0.0226. The van der Waals surface area contributed by atoms with E-state index in [0.717, 1.165) is 51.5 Å². The van der Waals surface area contributed by atoms with Gasteiger partial charge in [0.15, 0.2) is 0 Å². The van der Waals surface area contributed by atoms with Crippen LogP contribution in [0.2, 0.25) is 0 Å². The van der Waals surface area contributed by atoms with Gasteiger partial charge in [-0.05, 0) is 83.0 Å². The number of hydrogen-bond donors (Lipinski definition) is 0. The lowest BCUT2D eigenvalue weighted by atomic mass is 9.69. The minimum absolute atomic E-state index is 0. The highest BCUT2D eigenvalue weighted by atomic mass is 79.9. The molecule has 0 radical (unpaired) electrons. The van der Waals surface area contributed by atoms with Crippen molar-refractivity contribution in [3.8, 4) is 0 Å². The average molecular weight is 987 g/mol. The van der Waals surface area contributed by atoms with Crippen LogP contribution in [-0.4, -0.2) is 70.4 Å². The van der Waals surface area contributed by atoms with Crippen molar-refractivity contribution in [3.63, 3.8) is 0 Å². The molecule has 6 aliphatic heterocycles. The average Bonchev–Trinajstić information content (AvgIpc) is 3.32. The first-order chi connectivity index (χ1) is 30.4. The number of pyridine rings is 2. The maximum Gasteiger partial charge on any atom is 0.135 e. The maximum atomic E-state index is 6.92. The van der Waals surface area contributed by atoms with E-state index in [-0.39, 0.29) is 46.2 Å². The van der Waals surface area contributed by atoms with Crippen LogP contribution in [0.25, 0.3) is 32.6 Å². The number of aromatic nitrogens is 2. The molecule has 4 bridgehead atoms. The van der Waals surface area contributed by atoms with E-state index in [2.05, 4.69) is 124 Å². The van der Waals surface area contributed by atoms with Gasteiger partial charge in [0.1, 0.15) is 25.2 Å². The lowest BCUT2D eigenvalue weighted by molar-refractivity contribution is -0.986. The molecule has 0 saturated carbocycles. The second kappa shape index (κ2) is 20.0. The molecule has 336 valence electrons. The molecule has 6 nitrogen and oxygen atoms in total. The smallest absolute Gasteiger partial charge is 0.135 e. The molecule has 0 N–H and O–H groups in total. The van der Waals surface area contributed by atoms with E-state index in [9.17, 15) is 0 Å². The van der Waals surface area contributed by atoms with E-state index in [4.69, 9.17) is 19.4 Å². The molecule has 8 heteroatoms. The highest BCUT2D eigenvalue weighted by Gasteiger charge is 2.56. The van der Waals surface area contributed by atoms with Crippen molar-refractivity contribution < 1.29 is 52.4 Å². The Balaban J connectivity index is 0.00000280. The third kappa shape index (κ3) is 8.68. The number of halogens is 2. The number of benzene rings is 4. The monoisotopic (exact) mass is 984 g/mol. The molecule has 4 aromatic carbocycles. The van der Waals surface area contributed by atoms with E-state index < -0.39 is 0 Å². The van der Waals surface area contributed by atoms with Gasteiger partial charge in [-0.25, -0.2) is 0 Å². The second-order valence-electron chi connectivity index (χ2n) is 19.5. The third-order valence-electron chi connectivity index (χ3n) is 16.4. The first kappa shape index (κ1) is 46.8. The molecular weight excluding hydrogens is 920 g/mol. The predicted molar refractivity (Wildman–Crippen MR) is 253 cm³/mol. The third-order valence-corrected chi connectivity index (χ3v) is 16.4. The number of ether oxygens (including phenoxy) is 2. The molecule has 6 aliphatic rings. The lowest BCUT2D eigenvalue weighted by Gasteiger charge is -2.59. The fourth-order valence-electron chi connectivity index (χ4n) is 13.5. The van der Waals surface area contributed by atoms with Gasteiger partial charge in [0, 0.05) is 71.8 Å². The summed E-state index contributed by atoms with van der Waals surface area (Å²) in [6.45, 7) is 21.0. The topological polar surface area (TPSA) is 44.2 Å². The Morgan fingerprint density at radius 2 is 1.22 bits per heavy atom. The Morgan fingerprint density at radius 3 is 1.84 bits per heavy atom. The summed E-state index contributed by atoms with van der Waals surface area (Å²) in [5.74, 6) is 2.59. The summed E-state index contributed by atoms with van der Waals surface area (Å²) in [7, 11) is 0. The van der Waals surface area contributed by atoms with Crippen LogP contribution in [0.5, 0.6) is 0 Å². The zero-order valence-corrected chi connectivity index (χ0v) is 41.0. The highest BCUT2D eigenvalue weighted by Crippen LogP contribution is 2.52. The molecule has 8 heterocycles. The van der Waals surface area contributed by atoms with Crippen molar-refractivity contribution in [2.75, 3.05) is 39.4 Å². The van der Waals surface area contributed by atoms with E-state index in [1.165, 1.54) is 102 Å². The molecular formula is C56H66Br2N4O2. The maximum absolute atomic E-state index is 6.92. The Labute approximate surface area is 402 Å². The van der Waals surface area contributed by atoms with E-state index in [1.807, 2.05) is 24.5 Å². The van der Waals surface area contributed by atoms with Gasteiger partial charge in [-0.1, -0.05) is 86.7 Å². The van der Waals surface area contributed by atoms with E-state index >= 15 is 0 Å². The lowest BCUT2D eigenvalue weighted by Crippen LogP contribution is -3.00. The van der Waals surface area contributed by atoms with Crippen LogP contribution in [0.1, 0.15) is 86.8 Å². The Hall–Kier alpha value is -3.76. The van der Waals surface area contributed by atoms with Crippen molar-refractivity contribution >= 4 is 32.6 Å². The van der Waals surface area contributed by atoms with Gasteiger partial charge in [-0.15, -0.1) is 13.2 Å². The fraction of sp³-hybridized carbons (Fsp3) is 0.429. The Kier molecular flexibility index (Phi) is 14.6. The van der Waals surface area contributed by atoms with Gasteiger partial charge >= 0.3 is 0 Å². The van der Waals surface area contributed by atoms with Gasteiger partial charge in [-0.2, -0.15) is 0 Å². The van der Waals surface area contributed by atoms with E-state index in [0.29, 0.717) is 37.1 Å². The molecule has 0 spiro atoms. The number of quaternary nitrogens is 2. The number of hydrogen-bond acceptors (Lipinski definition) is 4. The fourth-order valence-corrected chi connectivity index (χ4v) is 13.5. The molecule has 64 heavy (non-hydrogen) atoms. The SMILES string of the molecule is C=CCO[C@H](c1ccnc2ccccc12)[C@H]1C[N+]2(Cc3ccc4ccc(C[N+]56CCC(C[C@H]5[C@H](OCC=C)c5ccnc7ccccc57)C(CC)C6)cc4c3)CCC1CC2CC.[Br-].[Br-]. The van der Waals surface area contributed by atoms with Crippen LogP contribution in [0.15, 0.2) is 135 Å². The first-order valence-corrected chi connectivity index (χ1v) is 23.8. The number of fused-ring (bicyclic) bond motifs is 9. The van der Waals surface area contributed by atoms with Gasteiger partial charge < -0.3 is 52.4 Å². The summed E-state index contributed by atoms with van der Waals surface area (Å²) < 4.78 is 16.0. The summed E-state index contributed by atoms with van der Waals surface area (Å²) in [6, 6.07) is 37.4. The van der Waals surface area contributed by atoms with Crippen LogP contribution in [0.3, 0.4) is 0 Å². The largest absolute Gasteiger partial charge is 1.00 e. The summed E-state index contributed by atoms with van der Waals surface area (Å²) in [4.78, 5) is 9.48. The molecule has 10 atom stereocenters. The summed E-state index contributed by atoms with van der Waals surface area (Å²) >= 11 is 0. The van der Waals surface area contributed by atoms with E-state index in [1.54, 1.807) is 0 Å². The second-order valence-corrected chi connectivity index (χ2v) is 19.5. The number of para-hydroxylation sites is 2. The predicted octanol–water partition coefficient (Wildman–Crippen LogP) is 6.10. The quantitative estimate of drug-likeness (QED) is 0.0870. The normalized spacial score (nSPS) is 28.0. The van der Waals surface area contributed by atoms with Crippen molar-refractivity contribution in [2.45, 2.75) is 89.8 Å². The number of nitrogens with zero attached hydrogens (tertiary/aromatic N) is 4. The molecule has 0 aliphatic carbocycles. The summed E-state index contributed by atoms with van der Waals surface area (Å²) in [5.41, 5.74) is 7.55. The Morgan fingerprint density at radius 1 is 0.641 bits per heavy atom. The minimum Gasteiger partial charge on any atom is -1.00 e. The standard InChI is InChI=1S/C56H66N4O2.2BrH/c1-5-29-61-55(49-21-25-57-52-15-11-9-13-47(49)52)51-38-59(27-24-44(51)33-46(59)8-4)35-39-17-19-42-20-18-40(32-45(42)31-39)36-60-28-23-43(41(7-3)37-60)34-54(60)56(62-30-6-2)50-22-26-58-53-16-12-10-14-48(50)53;;/h5-6,9-22,25-26,31-32,41,43-44,46,51,54-56H,1-2,7-8,23-24,27-30,33-38H2,3-4H3;2*1H/q+2;;/p-2/t41?,43?,44?,46?,51-,54-,55+,56+,59?,60?;;/m0../s1. The van der Waals surface area contributed by atoms with Gasteiger partial charge in [-0.3, -0.25) is 9.97 Å². The number of piperidine rings is 6. The van der Waals surface area contributed by atoms with Crippen molar-refractivity contribution in [3.05, 3.63) is 157 Å². The van der Waals surface area contributed by atoms with Crippen LogP contribution < -0.4 is 34.0 Å². The molecule has 0 amide bonds. The van der Waals surface area contributed by atoms with Crippen LogP contribution in [-0.2, 0) is 22.6 Å². The van der Waals surface area contributed by atoms with Crippen molar-refractivity contribution in [1.82, 2.24) is 9.97 Å². The van der Waals surface area contributed by atoms with Gasteiger partial charge in [0.25, 0.3) is 0 Å². The zero-order chi connectivity index (χ0) is 42.3. The zero-order valence-electron chi connectivity index (χ0n) is 37.8. The molecule has 6 saturated heterocycles. The molecule has 6 fully saturated rings. The highest BCUT2D eigenvalue weighted by molar-refractivity contribution is 5.84. The molecule has 12 rings (SSSR count). The first-order valence-electron chi connectivity index (χ1n) is 23.8. The molecule has 6 aromatic rings. The van der Waals surface area contributed by atoms with Crippen molar-refractivity contribution in [1.29, 1.82) is 0 Å². The van der Waals surface area contributed by atoms with Crippen LogP contribution in [0.4, 0.5) is 0 Å². The molecule has 6 unspecified atom stereocenters. The van der Waals surface area contributed by atoms with Gasteiger partial charge in [0.2, 0.25) is 0 Å². The summed E-state index contributed by atoms with van der Waals surface area (Å²) in [6.07, 6.45) is 15.3. The molecule has 2 aromatic heterocycles. The number of rotatable bonds is 16. The Bertz CT molecular complexity index is 2570. The van der Waals surface area contributed by atoms with Gasteiger partial charge in [0.05, 0.1) is 62.6 Å².